The number of benzene rings is 1. The summed E-state index contributed by atoms with van der Waals surface area (Å²) in [7, 11) is -3.51. The minimum Gasteiger partial charge on any atom is -0.493 e. The van der Waals surface area contributed by atoms with E-state index >= 15 is 0 Å². The van der Waals surface area contributed by atoms with Crippen molar-refractivity contribution in [2.45, 2.75) is 38.0 Å². The molecule has 0 aromatic heterocycles. The van der Waals surface area contributed by atoms with Crippen molar-refractivity contribution in [3.05, 3.63) is 35.7 Å². The van der Waals surface area contributed by atoms with Crippen LogP contribution in [-0.4, -0.2) is 39.7 Å². The topological polar surface area (TPSA) is 63.7 Å². The van der Waals surface area contributed by atoms with Gasteiger partial charge in [0, 0.05) is 54.5 Å². The zero-order valence-electron chi connectivity index (χ0n) is 15.9. The predicted molar refractivity (Wildman–Crippen MR) is 103 cm³/mol. The number of ether oxygens (including phenoxy) is 1. The van der Waals surface area contributed by atoms with Crippen molar-refractivity contribution in [3.63, 3.8) is 0 Å². The summed E-state index contributed by atoms with van der Waals surface area (Å²) in [6.07, 6.45) is 1.73. The van der Waals surface area contributed by atoms with Gasteiger partial charge in [-0.25, -0.2) is 17.2 Å². The molecule has 1 aromatic carbocycles. The van der Waals surface area contributed by atoms with Crippen molar-refractivity contribution in [2.75, 3.05) is 24.3 Å². The molecule has 0 bridgehead atoms. The van der Waals surface area contributed by atoms with E-state index in [9.17, 15) is 22.0 Å². The number of carbonyl (C=O) groups is 1. The Morgan fingerprint density at radius 3 is 2.57 bits per heavy atom. The van der Waals surface area contributed by atoms with Gasteiger partial charge in [-0.15, -0.1) is 0 Å². The molecule has 5 nitrogen and oxygen atoms in total. The van der Waals surface area contributed by atoms with E-state index in [1.54, 1.807) is 29.2 Å². The molecule has 154 valence electrons. The Morgan fingerprint density at radius 1 is 1.32 bits per heavy atom. The molecule has 1 aliphatic carbocycles. The lowest BCUT2D eigenvalue weighted by atomic mass is 9.77. The zero-order valence-corrected chi connectivity index (χ0v) is 16.7. The third kappa shape index (κ3) is 4.71. The maximum atomic E-state index is 13.9. The van der Waals surface area contributed by atoms with Crippen LogP contribution in [0.1, 0.15) is 32.1 Å². The first kappa shape index (κ1) is 20.8. The second-order valence-corrected chi connectivity index (χ2v) is 9.73. The summed E-state index contributed by atoms with van der Waals surface area (Å²) >= 11 is 0. The minimum absolute atomic E-state index is 0.000469. The first-order valence-electron chi connectivity index (χ1n) is 9.37. The molecule has 28 heavy (non-hydrogen) atoms. The van der Waals surface area contributed by atoms with Gasteiger partial charge in [-0.3, -0.25) is 4.79 Å². The van der Waals surface area contributed by atoms with Crippen molar-refractivity contribution in [2.24, 2.45) is 11.8 Å². The number of rotatable bonds is 6. The Bertz CT molecular complexity index is 851. The summed E-state index contributed by atoms with van der Waals surface area (Å²) in [5, 5.41) is 0. The fourth-order valence-corrected chi connectivity index (χ4v) is 4.81. The maximum absolute atomic E-state index is 13.9. The molecule has 2 aliphatic rings. The smallest absolute Gasteiger partial charge is 0.248 e. The molecular formula is C20H25F2NO4S. The van der Waals surface area contributed by atoms with Crippen LogP contribution < -0.4 is 9.64 Å². The van der Waals surface area contributed by atoms with Crippen molar-refractivity contribution in [3.8, 4) is 5.75 Å². The fourth-order valence-electron chi connectivity index (χ4n) is 3.95. The van der Waals surface area contributed by atoms with Crippen LogP contribution in [0, 0.1) is 11.8 Å². The Labute approximate surface area is 164 Å². The van der Waals surface area contributed by atoms with Crippen LogP contribution in [0.15, 0.2) is 35.7 Å². The number of amides is 1. The lowest BCUT2D eigenvalue weighted by molar-refractivity contribution is -0.117. The molecule has 3 rings (SSSR count). The first-order chi connectivity index (χ1) is 13.1. The largest absolute Gasteiger partial charge is 0.493 e. The van der Waals surface area contributed by atoms with E-state index in [0.717, 1.165) is 18.4 Å². The molecule has 2 unspecified atom stereocenters. The van der Waals surface area contributed by atoms with E-state index < -0.39 is 34.0 Å². The highest BCUT2D eigenvalue weighted by Crippen LogP contribution is 2.44. The van der Waals surface area contributed by atoms with Crippen LogP contribution in [0.3, 0.4) is 0 Å². The second kappa shape index (κ2) is 7.81. The average Bonchev–Trinajstić information content (AvgIpc) is 3.04. The number of halogens is 2. The first-order valence-corrected chi connectivity index (χ1v) is 11.3. The number of sulfone groups is 1. The highest BCUT2D eigenvalue weighted by molar-refractivity contribution is 7.94. The molecule has 1 heterocycles. The van der Waals surface area contributed by atoms with Gasteiger partial charge in [0.05, 0.1) is 6.61 Å². The van der Waals surface area contributed by atoms with E-state index in [-0.39, 0.29) is 30.3 Å². The van der Waals surface area contributed by atoms with E-state index in [1.807, 2.05) is 0 Å². The van der Waals surface area contributed by atoms with Crippen LogP contribution in [0.4, 0.5) is 14.5 Å². The van der Waals surface area contributed by atoms with Gasteiger partial charge in [-0.2, -0.15) is 0 Å². The third-order valence-electron chi connectivity index (χ3n) is 5.53. The Morgan fingerprint density at radius 2 is 2.00 bits per heavy atom. The zero-order chi connectivity index (χ0) is 20.5. The number of anilines is 1. The SMILES string of the molecule is C=C(C1CCC(F)(F)CC1COc1ccc(N2CCCC2=O)cc1)S(C)(=O)=O. The molecule has 1 aromatic rings. The number of carbonyl (C=O) groups excluding carboxylic acids is 1. The standard InChI is InChI=1S/C20H25F2NO4S/c1-14(28(2,25)26)18-9-10-20(21,22)12-15(18)13-27-17-7-5-16(6-8-17)23-11-3-4-19(23)24/h5-8,15,18H,1,3-4,9-13H2,2H3. The van der Waals surface area contributed by atoms with Crippen molar-refractivity contribution >= 4 is 21.4 Å². The molecule has 8 heteroatoms. The van der Waals surface area contributed by atoms with Crippen molar-refractivity contribution in [1.82, 2.24) is 0 Å². The number of hydrogen-bond acceptors (Lipinski definition) is 4. The number of hydrogen-bond donors (Lipinski definition) is 0. The molecule has 2 atom stereocenters. The normalized spacial score (nSPS) is 25.0. The molecule has 1 saturated carbocycles. The van der Waals surface area contributed by atoms with Gasteiger partial charge in [0.15, 0.2) is 9.84 Å². The van der Waals surface area contributed by atoms with E-state index in [0.29, 0.717) is 18.7 Å². The van der Waals surface area contributed by atoms with Crippen LogP contribution in [-0.2, 0) is 14.6 Å². The van der Waals surface area contributed by atoms with Crippen LogP contribution in [0.25, 0.3) is 0 Å². The molecule has 2 fully saturated rings. The second-order valence-electron chi connectivity index (χ2n) is 7.66. The molecule has 1 amide bonds. The quantitative estimate of drug-likeness (QED) is 0.712. The average molecular weight is 413 g/mol. The Balaban J connectivity index is 1.68. The lowest BCUT2D eigenvalue weighted by Gasteiger charge is -2.36. The van der Waals surface area contributed by atoms with Gasteiger partial charge in [0.25, 0.3) is 0 Å². The monoisotopic (exact) mass is 413 g/mol. The summed E-state index contributed by atoms with van der Waals surface area (Å²) in [6.45, 7) is 4.31. The van der Waals surface area contributed by atoms with Gasteiger partial charge < -0.3 is 9.64 Å². The van der Waals surface area contributed by atoms with Gasteiger partial charge in [-0.05, 0) is 37.1 Å². The summed E-state index contributed by atoms with van der Waals surface area (Å²) in [4.78, 5) is 13.5. The van der Waals surface area contributed by atoms with E-state index in [4.69, 9.17) is 4.74 Å². The highest BCUT2D eigenvalue weighted by Gasteiger charge is 2.44. The Kier molecular flexibility index (Phi) is 5.79. The number of alkyl halides is 2. The highest BCUT2D eigenvalue weighted by atomic mass is 32.2. The lowest BCUT2D eigenvalue weighted by Crippen LogP contribution is -2.37. The number of nitrogens with zero attached hydrogens (tertiary/aromatic N) is 1. The number of allylic oxidation sites excluding steroid dienone is 1. The molecule has 0 N–H and O–H groups in total. The molecule has 0 spiro atoms. The van der Waals surface area contributed by atoms with Gasteiger partial charge >= 0.3 is 0 Å². The molecule has 0 radical (unpaired) electrons. The van der Waals surface area contributed by atoms with Gasteiger partial charge in [0.1, 0.15) is 5.75 Å². The summed E-state index contributed by atoms with van der Waals surface area (Å²) in [6, 6.07) is 6.92. The van der Waals surface area contributed by atoms with E-state index in [1.165, 1.54) is 0 Å². The van der Waals surface area contributed by atoms with Crippen molar-refractivity contribution in [1.29, 1.82) is 0 Å². The summed E-state index contributed by atoms with van der Waals surface area (Å²) in [5.74, 6) is -3.43. The summed E-state index contributed by atoms with van der Waals surface area (Å²) < 4.78 is 57.2. The fraction of sp³-hybridized carbons (Fsp3) is 0.550. The van der Waals surface area contributed by atoms with E-state index in [2.05, 4.69) is 6.58 Å². The Hall–Kier alpha value is -1.96. The molecular weight excluding hydrogens is 388 g/mol. The third-order valence-corrected chi connectivity index (χ3v) is 6.78. The minimum atomic E-state index is -3.51. The maximum Gasteiger partial charge on any atom is 0.248 e. The van der Waals surface area contributed by atoms with Crippen LogP contribution in [0.2, 0.25) is 0 Å². The molecule has 1 saturated heterocycles. The molecule has 1 aliphatic heterocycles. The predicted octanol–water partition coefficient (Wildman–Crippen LogP) is 3.80. The van der Waals surface area contributed by atoms with Crippen molar-refractivity contribution < 1.29 is 26.7 Å². The van der Waals surface area contributed by atoms with Gasteiger partial charge in [-0.1, -0.05) is 6.58 Å². The van der Waals surface area contributed by atoms with Crippen LogP contribution >= 0.6 is 0 Å². The summed E-state index contributed by atoms with van der Waals surface area (Å²) in [5.41, 5.74) is 0.780. The van der Waals surface area contributed by atoms with Crippen LogP contribution in [0.5, 0.6) is 5.75 Å². The van der Waals surface area contributed by atoms with Gasteiger partial charge in [0.2, 0.25) is 11.8 Å².